The van der Waals surface area contributed by atoms with Crippen LogP contribution < -0.4 is 22.5 Å². The summed E-state index contributed by atoms with van der Waals surface area (Å²) in [4.78, 5) is 59.2. The van der Waals surface area contributed by atoms with Gasteiger partial charge in [-0.3, -0.25) is 27.9 Å². The van der Waals surface area contributed by atoms with Gasteiger partial charge in [-0.1, -0.05) is 36.4 Å². The van der Waals surface area contributed by atoms with Gasteiger partial charge >= 0.3 is 11.4 Å². The molecule has 280 valence electrons. The second-order valence-corrected chi connectivity index (χ2v) is 12.1. The maximum Gasteiger partial charge on any atom is 0.332 e. The third kappa shape index (κ3) is 7.11. The summed E-state index contributed by atoms with van der Waals surface area (Å²) in [6.45, 7) is 12.0. The van der Waals surface area contributed by atoms with E-state index in [9.17, 15) is 28.0 Å². The first-order valence-corrected chi connectivity index (χ1v) is 17.1. The predicted octanol–water partition coefficient (Wildman–Crippen LogP) is 4.28. The first-order valence-electron chi connectivity index (χ1n) is 17.1. The Hall–Kier alpha value is -5.96. The fourth-order valence-electron chi connectivity index (χ4n) is 6.12. The van der Waals surface area contributed by atoms with Crippen molar-refractivity contribution in [3.05, 3.63) is 124 Å². The van der Waals surface area contributed by atoms with Gasteiger partial charge in [0.25, 0.3) is 11.1 Å². The fourth-order valence-corrected chi connectivity index (χ4v) is 6.12. The molecule has 15 heteroatoms. The van der Waals surface area contributed by atoms with Crippen molar-refractivity contribution < 1.29 is 14.3 Å². The Labute approximate surface area is 303 Å². The number of halogens is 2. The first-order chi connectivity index (χ1) is 24.8. The van der Waals surface area contributed by atoms with Crippen LogP contribution in [0.2, 0.25) is 0 Å². The lowest BCUT2D eigenvalue weighted by atomic mass is 10.1. The number of hydrogen-bond donors (Lipinski definition) is 0. The van der Waals surface area contributed by atoms with Crippen molar-refractivity contribution in [3.8, 4) is 0 Å². The number of hydrogen-bond acceptors (Lipinski definition) is 6. The van der Waals surface area contributed by atoms with E-state index in [1.165, 1.54) is 30.4 Å². The monoisotopic (exact) mass is 730 g/mol. The van der Waals surface area contributed by atoms with Crippen LogP contribution in [-0.4, -0.2) is 42.8 Å². The standard InChI is InChI=1S/2C19H21FN4O2.H2O/c2*1-5-23-17-16(18(25)24(6-2)19(23)26)22(4)15(21-17)11-10-13-8-7-9-14(20)12(13)3;/h2*7-11H,5-6H2,1-4H3;1H2/b2*11-10+;. The lowest BCUT2D eigenvalue weighted by molar-refractivity contribution is 0.604. The van der Waals surface area contributed by atoms with E-state index in [-0.39, 0.29) is 39.6 Å². The molecule has 4 aromatic heterocycles. The van der Waals surface area contributed by atoms with Crippen molar-refractivity contribution in [2.75, 3.05) is 0 Å². The molecule has 0 unspecified atom stereocenters. The summed E-state index contributed by atoms with van der Waals surface area (Å²) < 4.78 is 36.1. The summed E-state index contributed by atoms with van der Waals surface area (Å²) >= 11 is 0. The molecule has 0 saturated heterocycles. The van der Waals surface area contributed by atoms with E-state index < -0.39 is 0 Å². The first kappa shape index (κ1) is 39.8. The Morgan fingerprint density at radius 2 is 0.906 bits per heavy atom. The summed E-state index contributed by atoms with van der Waals surface area (Å²) in [5.74, 6) is 0.498. The second-order valence-electron chi connectivity index (χ2n) is 12.1. The van der Waals surface area contributed by atoms with Crippen LogP contribution in [0.15, 0.2) is 55.6 Å². The number of benzene rings is 2. The number of aryl methyl sites for hydroxylation is 4. The average molecular weight is 731 g/mol. The molecule has 0 spiro atoms. The van der Waals surface area contributed by atoms with E-state index in [4.69, 9.17) is 0 Å². The zero-order chi connectivity index (χ0) is 38.0. The Balaban J connectivity index is 0.000000232. The average Bonchev–Trinajstić information content (AvgIpc) is 3.62. The van der Waals surface area contributed by atoms with Crippen LogP contribution in [0.4, 0.5) is 8.78 Å². The summed E-state index contributed by atoms with van der Waals surface area (Å²) in [7, 11) is 3.47. The van der Waals surface area contributed by atoms with Gasteiger partial charge < -0.3 is 14.6 Å². The van der Waals surface area contributed by atoms with Crippen LogP contribution in [0, 0.1) is 25.5 Å². The van der Waals surface area contributed by atoms with Gasteiger partial charge in [-0.2, -0.15) is 0 Å². The largest absolute Gasteiger partial charge is 0.412 e. The summed E-state index contributed by atoms with van der Waals surface area (Å²) in [6, 6.07) is 9.73. The Kier molecular flexibility index (Phi) is 12.1. The molecule has 4 heterocycles. The van der Waals surface area contributed by atoms with Gasteiger partial charge in [-0.15, -0.1) is 0 Å². The predicted molar refractivity (Wildman–Crippen MR) is 205 cm³/mol. The van der Waals surface area contributed by atoms with Crippen LogP contribution >= 0.6 is 0 Å². The molecule has 53 heavy (non-hydrogen) atoms. The Morgan fingerprint density at radius 3 is 1.23 bits per heavy atom. The van der Waals surface area contributed by atoms with Crippen molar-refractivity contribution in [2.24, 2.45) is 14.1 Å². The molecule has 0 bridgehead atoms. The molecule has 0 radical (unpaired) electrons. The molecule has 0 aliphatic rings. The third-order valence-electron chi connectivity index (χ3n) is 9.26. The lowest BCUT2D eigenvalue weighted by Gasteiger charge is -2.08. The van der Waals surface area contributed by atoms with Crippen LogP contribution in [0.25, 0.3) is 46.6 Å². The normalized spacial score (nSPS) is 11.5. The van der Waals surface area contributed by atoms with Gasteiger partial charge in [0.1, 0.15) is 23.3 Å². The molecule has 2 aromatic carbocycles. The highest BCUT2D eigenvalue weighted by Gasteiger charge is 2.19. The molecule has 0 atom stereocenters. The molecule has 6 rings (SSSR count). The molecule has 13 nitrogen and oxygen atoms in total. The number of fused-ring (bicyclic) bond motifs is 2. The Bertz CT molecular complexity index is 2460. The van der Waals surface area contributed by atoms with Gasteiger partial charge in [0.2, 0.25) is 0 Å². The van der Waals surface area contributed by atoms with Crippen molar-refractivity contribution in [1.29, 1.82) is 0 Å². The highest BCUT2D eigenvalue weighted by molar-refractivity contribution is 5.78. The van der Waals surface area contributed by atoms with Crippen LogP contribution in [0.1, 0.15) is 61.6 Å². The zero-order valence-electron chi connectivity index (χ0n) is 31.1. The third-order valence-corrected chi connectivity index (χ3v) is 9.26. The van der Waals surface area contributed by atoms with Gasteiger partial charge in [-0.25, -0.2) is 28.3 Å². The fraction of sp³-hybridized carbons (Fsp3) is 0.316. The van der Waals surface area contributed by atoms with Gasteiger partial charge in [0, 0.05) is 40.3 Å². The van der Waals surface area contributed by atoms with E-state index in [2.05, 4.69) is 9.97 Å². The maximum atomic E-state index is 13.7. The van der Waals surface area contributed by atoms with Crippen LogP contribution in [0.5, 0.6) is 0 Å². The molecule has 2 N–H and O–H groups in total. The highest BCUT2D eigenvalue weighted by Crippen LogP contribution is 2.19. The maximum absolute atomic E-state index is 13.7. The van der Waals surface area contributed by atoms with Gasteiger partial charge in [0.15, 0.2) is 22.3 Å². The zero-order valence-corrected chi connectivity index (χ0v) is 31.1. The summed E-state index contributed by atoms with van der Waals surface area (Å²) in [5, 5.41) is 0. The number of aromatic nitrogens is 8. The van der Waals surface area contributed by atoms with E-state index in [1.807, 2.05) is 26.0 Å². The van der Waals surface area contributed by atoms with Crippen LogP contribution in [-0.2, 0) is 40.3 Å². The van der Waals surface area contributed by atoms with Crippen molar-refractivity contribution in [2.45, 2.75) is 67.7 Å². The Morgan fingerprint density at radius 1 is 0.566 bits per heavy atom. The SMILES string of the molecule is CCn1c(=O)c2c(nc(/C=C/c3cccc(F)c3C)n2C)n(CC)c1=O.CCn1c(=O)c2c(nc(/C=C/c3cccc(F)c3C)n2C)n(CC)c1=O.O. The molecule has 0 fully saturated rings. The lowest BCUT2D eigenvalue weighted by Crippen LogP contribution is -2.39. The topological polar surface area (TPSA) is 155 Å². The molecular formula is C38H44F2N8O5. The summed E-state index contributed by atoms with van der Waals surface area (Å²) in [5.41, 5.74) is 2.62. The number of rotatable bonds is 8. The molecule has 0 amide bonds. The molecule has 0 saturated carbocycles. The minimum Gasteiger partial charge on any atom is -0.412 e. The number of imidazole rings is 2. The van der Waals surface area contributed by atoms with E-state index in [0.717, 1.165) is 11.1 Å². The molecule has 0 aliphatic heterocycles. The summed E-state index contributed by atoms with van der Waals surface area (Å²) in [6.07, 6.45) is 6.96. The van der Waals surface area contributed by atoms with Gasteiger partial charge in [0.05, 0.1) is 0 Å². The van der Waals surface area contributed by atoms with Crippen molar-refractivity contribution >= 4 is 46.6 Å². The van der Waals surface area contributed by atoms with E-state index >= 15 is 0 Å². The van der Waals surface area contributed by atoms with Crippen LogP contribution in [0.3, 0.4) is 0 Å². The highest BCUT2D eigenvalue weighted by atomic mass is 19.1. The smallest absolute Gasteiger partial charge is 0.332 e. The van der Waals surface area contributed by atoms with Crippen molar-refractivity contribution in [3.63, 3.8) is 0 Å². The molecule has 0 aliphatic carbocycles. The second kappa shape index (κ2) is 16.2. The van der Waals surface area contributed by atoms with Crippen molar-refractivity contribution in [1.82, 2.24) is 37.4 Å². The van der Waals surface area contributed by atoms with E-state index in [0.29, 0.717) is 71.3 Å². The molecule has 6 aromatic rings. The van der Waals surface area contributed by atoms with Gasteiger partial charge in [-0.05, 0) is 88.1 Å². The molecular weight excluding hydrogens is 686 g/mol. The minimum atomic E-state index is -0.359. The minimum absolute atomic E-state index is 0. The van der Waals surface area contributed by atoms with E-state index in [1.54, 1.807) is 87.4 Å². The quantitative estimate of drug-likeness (QED) is 0.228. The number of nitrogens with zero attached hydrogens (tertiary/aromatic N) is 8.